The van der Waals surface area contributed by atoms with Crippen LogP contribution < -0.4 is 0 Å². The Morgan fingerprint density at radius 1 is 0.275 bits per heavy atom. The maximum atomic E-state index is 12.8. The second-order valence-electron chi connectivity index (χ2n) is 21.6. The van der Waals surface area contributed by atoms with Crippen molar-refractivity contribution in [1.29, 1.82) is 0 Å². The predicted molar refractivity (Wildman–Crippen MR) is 348 cm³/mol. The van der Waals surface area contributed by atoms with Crippen LogP contribution in [0.4, 0.5) is 0 Å². The molecule has 0 saturated carbocycles. The van der Waals surface area contributed by atoms with E-state index in [4.69, 9.17) is 14.2 Å². The maximum absolute atomic E-state index is 12.8. The fraction of sp³-hybridized carbons (Fsp3) is 0.662. The lowest BCUT2D eigenvalue weighted by Gasteiger charge is -2.18. The van der Waals surface area contributed by atoms with E-state index in [0.29, 0.717) is 12.8 Å². The van der Waals surface area contributed by atoms with Crippen LogP contribution in [0.25, 0.3) is 0 Å². The smallest absolute Gasteiger partial charge is 0.310 e. The number of ether oxygens (including phenoxy) is 3. The molecule has 0 heterocycles. The molecule has 0 rings (SSSR count). The third-order valence-electron chi connectivity index (χ3n) is 13.9. The minimum absolute atomic E-state index is 0.0934. The Balaban J connectivity index is 4.17. The summed E-state index contributed by atoms with van der Waals surface area (Å²) < 4.78 is 16.8. The molecule has 6 nitrogen and oxygen atoms in total. The number of carbonyl (C=O) groups excluding carboxylic acids is 3. The first-order valence-electron chi connectivity index (χ1n) is 33.2. The lowest BCUT2D eigenvalue weighted by atomic mass is 10.0. The molecule has 0 saturated heterocycles. The van der Waals surface area contributed by atoms with Gasteiger partial charge in [-0.15, -0.1) is 0 Å². The first-order chi connectivity index (χ1) is 39.5. The van der Waals surface area contributed by atoms with E-state index in [9.17, 15) is 14.4 Å². The van der Waals surface area contributed by atoms with Gasteiger partial charge in [0.25, 0.3) is 0 Å². The highest BCUT2D eigenvalue weighted by molar-refractivity contribution is 5.72. The third kappa shape index (κ3) is 64.4. The minimum Gasteiger partial charge on any atom is -0.462 e. The Hall–Kier alpha value is -4.45. The topological polar surface area (TPSA) is 78.9 Å². The molecular weight excluding hydrogens is 985 g/mol. The van der Waals surface area contributed by atoms with Crippen LogP contribution in [0, 0.1) is 0 Å². The Morgan fingerprint density at radius 2 is 0.525 bits per heavy atom. The standard InChI is InChI=1S/C74H122O6/c1-4-7-10-13-16-19-22-25-27-28-29-30-31-32-33-34-35-36-37-38-39-40-41-42-43-44-45-46-48-49-52-55-58-61-64-67-73(76)79-70-71(69-78-72(75)66-63-60-57-54-51-24-21-18-15-12-9-6-3)80-74(77)68-65-62-59-56-53-50-47-26-23-20-17-14-11-8-5-2/h7-8,10-11,16-21,25-27,29-30,32-33,47,53,56,62,65,71H,4-6,9,12-15,22-24,28,31,34-46,48-52,54-55,57-61,63-64,66-70H2,1-3H3/b10-7-,11-8-,19-16-,20-17-,21-18-,27-25-,30-29-,33-32-,47-26-,56-53-,65-62-. The highest BCUT2D eigenvalue weighted by Gasteiger charge is 2.19. The maximum Gasteiger partial charge on any atom is 0.310 e. The van der Waals surface area contributed by atoms with E-state index in [0.717, 1.165) is 116 Å². The first kappa shape index (κ1) is 75.5. The van der Waals surface area contributed by atoms with Gasteiger partial charge in [-0.2, -0.15) is 0 Å². The van der Waals surface area contributed by atoms with Crippen molar-refractivity contribution in [3.05, 3.63) is 134 Å². The van der Waals surface area contributed by atoms with Gasteiger partial charge in [0.1, 0.15) is 13.2 Å². The molecule has 454 valence electrons. The molecule has 0 bridgehead atoms. The second kappa shape index (κ2) is 67.1. The van der Waals surface area contributed by atoms with Crippen LogP contribution in [0.3, 0.4) is 0 Å². The van der Waals surface area contributed by atoms with Crippen molar-refractivity contribution in [2.45, 2.75) is 303 Å². The summed E-state index contributed by atoms with van der Waals surface area (Å²) in [7, 11) is 0. The molecule has 0 fully saturated rings. The van der Waals surface area contributed by atoms with E-state index in [1.54, 1.807) is 6.08 Å². The summed E-state index contributed by atoms with van der Waals surface area (Å²) in [6.45, 7) is 6.31. The van der Waals surface area contributed by atoms with Crippen molar-refractivity contribution in [2.24, 2.45) is 0 Å². The number of hydrogen-bond donors (Lipinski definition) is 0. The SMILES string of the molecule is CC/C=C\C/C=C\C/C=C\C/C=C\C/C=C\CCCCCCCCCCCCCCCCCCCCCC(=O)OCC(COC(=O)CCCCCCC/C=C\CCCCC)OC(=O)C/C=C\C/C=C\C/C=C\C/C=C\C/C=C\CC. The molecule has 80 heavy (non-hydrogen) atoms. The van der Waals surface area contributed by atoms with Crippen LogP contribution in [0.1, 0.15) is 297 Å². The van der Waals surface area contributed by atoms with Crippen LogP contribution in [0.2, 0.25) is 0 Å². The van der Waals surface area contributed by atoms with E-state index < -0.39 is 12.1 Å². The molecule has 0 aromatic carbocycles. The molecule has 0 aromatic rings. The monoisotopic (exact) mass is 1110 g/mol. The number of rotatable bonds is 59. The summed E-state index contributed by atoms with van der Waals surface area (Å²) in [5.74, 6) is -1.06. The quantitative estimate of drug-likeness (QED) is 0.0261. The number of esters is 3. The van der Waals surface area contributed by atoms with Gasteiger partial charge in [-0.1, -0.05) is 296 Å². The number of unbranched alkanes of at least 4 members (excludes halogenated alkanes) is 27. The van der Waals surface area contributed by atoms with Gasteiger partial charge in [-0.05, 0) is 116 Å². The second-order valence-corrected chi connectivity index (χ2v) is 21.6. The Kier molecular flexibility index (Phi) is 63.3. The van der Waals surface area contributed by atoms with E-state index in [1.165, 1.54) is 141 Å². The number of carbonyl (C=O) groups is 3. The van der Waals surface area contributed by atoms with Crippen LogP contribution in [0.5, 0.6) is 0 Å². The van der Waals surface area contributed by atoms with Gasteiger partial charge in [-0.3, -0.25) is 14.4 Å². The van der Waals surface area contributed by atoms with Gasteiger partial charge in [-0.25, -0.2) is 0 Å². The molecule has 0 radical (unpaired) electrons. The van der Waals surface area contributed by atoms with Gasteiger partial charge in [0.2, 0.25) is 0 Å². The largest absolute Gasteiger partial charge is 0.462 e. The van der Waals surface area contributed by atoms with Crippen molar-refractivity contribution in [1.82, 2.24) is 0 Å². The summed E-state index contributed by atoms with van der Waals surface area (Å²) >= 11 is 0. The average Bonchev–Trinajstić information content (AvgIpc) is 3.46. The van der Waals surface area contributed by atoms with Crippen molar-refractivity contribution >= 4 is 17.9 Å². The van der Waals surface area contributed by atoms with Crippen molar-refractivity contribution < 1.29 is 28.6 Å². The molecule has 0 spiro atoms. The van der Waals surface area contributed by atoms with E-state index in [-0.39, 0.29) is 31.6 Å². The summed E-state index contributed by atoms with van der Waals surface area (Å²) in [5.41, 5.74) is 0. The number of hydrogen-bond acceptors (Lipinski definition) is 6. The Morgan fingerprint density at radius 3 is 0.838 bits per heavy atom. The molecule has 1 unspecified atom stereocenters. The summed E-state index contributed by atoms with van der Waals surface area (Å²) in [6, 6.07) is 0. The van der Waals surface area contributed by atoms with Gasteiger partial charge in [0, 0.05) is 12.8 Å². The zero-order valence-corrected chi connectivity index (χ0v) is 52.0. The summed E-state index contributed by atoms with van der Waals surface area (Å²) in [5, 5.41) is 0. The average molecular weight is 1110 g/mol. The molecule has 0 aliphatic heterocycles. The Bertz CT molecular complexity index is 1700. The van der Waals surface area contributed by atoms with Crippen molar-refractivity contribution in [3.8, 4) is 0 Å². The van der Waals surface area contributed by atoms with Crippen LogP contribution in [-0.2, 0) is 28.6 Å². The summed E-state index contributed by atoms with van der Waals surface area (Å²) in [4.78, 5) is 38.2. The third-order valence-corrected chi connectivity index (χ3v) is 13.9. The van der Waals surface area contributed by atoms with E-state index >= 15 is 0 Å². The molecule has 6 heteroatoms. The highest BCUT2D eigenvalue weighted by Crippen LogP contribution is 2.16. The molecule has 0 amide bonds. The van der Waals surface area contributed by atoms with Crippen LogP contribution in [0.15, 0.2) is 134 Å². The molecule has 0 aliphatic carbocycles. The number of allylic oxidation sites excluding steroid dienone is 21. The fourth-order valence-electron chi connectivity index (χ4n) is 9.01. The molecule has 0 aliphatic rings. The van der Waals surface area contributed by atoms with Gasteiger partial charge in [0.05, 0.1) is 6.42 Å². The first-order valence-corrected chi connectivity index (χ1v) is 33.2. The molecule has 1 atom stereocenters. The van der Waals surface area contributed by atoms with Crippen LogP contribution >= 0.6 is 0 Å². The normalized spacial score (nSPS) is 13.0. The van der Waals surface area contributed by atoms with E-state index in [2.05, 4.69) is 142 Å². The fourth-order valence-corrected chi connectivity index (χ4v) is 9.01. The Labute approximate surface area is 494 Å². The minimum atomic E-state index is -0.837. The molecular formula is C74H122O6. The molecule has 0 aromatic heterocycles. The lowest BCUT2D eigenvalue weighted by molar-refractivity contribution is -0.166. The van der Waals surface area contributed by atoms with Gasteiger partial charge >= 0.3 is 17.9 Å². The predicted octanol–water partition coefficient (Wildman–Crippen LogP) is 22.9. The van der Waals surface area contributed by atoms with Gasteiger partial charge in [0.15, 0.2) is 6.10 Å². The highest BCUT2D eigenvalue weighted by atomic mass is 16.6. The van der Waals surface area contributed by atoms with Crippen molar-refractivity contribution in [2.75, 3.05) is 13.2 Å². The molecule has 0 N–H and O–H groups in total. The van der Waals surface area contributed by atoms with Crippen LogP contribution in [-0.4, -0.2) is 37.2 Å². The zero-order chi connectivity index (χ0) is 57.8. The van der Waals surface area contributed by atoms with Gasteiger partial charge < -0.3 is 14.2 Å². The van der Waals surface area contributed by atoms with E-state index in [1.807, 2.05) is 6.08 Å². The summed E-state index contributed by atoms with van der Waals surface area (Å²) in [6.07, 6.45) is 95.2. The van der Waals surface area contributed by atoms with Crippen molar-refractivity contribution in [3.63, 3.8) is 0 Å². The lowest BCUT2D eigenvalue weighted by Crippen LogP contribution is -2.30. The zero-order valence-electron chi connectivity index (χ0n) is 52.0.